The highest BCUT2D eigenvalue weighted by Gasteiger charge is 2.16. The van der Waals surface area contributed by atoms with Crippen molar-refractivity contribution in [3.8, 4) is 0 Å². The summed E-state index contributed by atoms with van der Waals surface area (Å²) in [5, 5.41) is 3.77. The van der Waals surface area contributed by atoms with E-state index in [1.807, 2.05) is 54.6 Å². The second-order valence-corrected chi connectivity index (χ2v) is 6.91. The van der Waals surface area contributed by atoms with E-state index in [0.29, 0.717) is 23.3 Å². The van der Waals surface area contributed by atoms with E-state index in [4.69, 9.17) is 0 Å². The largest absolute Gasteiger partial charge is 0.337 e. The Morgan fingerprint density at radius 2 is 1.70 bits per heavy atom. The molecule has 6 nitrogen and oxygen atoms in total. The average molecular weight is 396 g/mol. The number of hydrogen-bond donors (Lipinski definition) is 1. The van der Waals surface area contributed by atoms with E-state index in [2.05, 4.69) is 15.3 Å². The summed E-state index contributed by atoms with van der Waals surface area (Å²) in [7, 11) is 1.73. The van der Waals surface area contributed by atoms with Gasteiger partial charge in [-0.2, -0.15) is 0 Å². The number of amides is 2. The van der Waals surface area contributed by atoms with Crippen LogP contribution in [0.25, 0.3) is 10.9 Å². The quantitative estimate of drug-likeness (QED) is 0.550. The summed E-state index contributed by atoms with van der Waals surface area (Å²) in [5.41, 5.74) is 2.90. The van der Waals surface area contributed by atoms with Gasteiger partial charge in [0.05, 0.1) is 11.2 Å². The number of nitrogens with zero attached hydrogens (tertiary/aromatic N) is 3. The third-order valence-corrected chi connectivity index (χ3v) is 4.73. The van der Waals surface area contributed by atoms with Crippen molar-refractivity contribution < 1.29 is 9.59 Å². The van der Waals surface area contributed by atoms with Crippen molar-refractivity contribution >= 4 is 28.4 Å². The maximum absolute atomic E-state index is 12.8. The normalized spacial score (nSPS) is 10.6. The molecule has 0 atom stereocenters. The minimum Gasteiger partial charge on any atom is -0.337 e. The van der Waals surface area contributed by atoms with Gasteiger partial charge in [-0.1, -0.05) is 48.5 Å². The zero-order valence-corrected chi connectivity index (χ0v) is 16.4. The Morgan fingerprint density at radius 1 is 0.900 bits per heavy atom. The first-order valence-corrected chi connectivity index (χ1v) is 9.52. The number of anilines is 1. The molecule has 6 heteroatoms. The van der Waals surface area contributed by atoms with Gasteiger partial charge in [-0.25, -0.2) is 0 Å². The molecule has 2 aromatic carbocycles. The van der Waals surface area contributed by atoms with Crippen molar-refractivity contribution in [1.82, 2.24) is 14.9 Å². The number of carbonyl (C=O) groups excluding carboxylic acids is 2. The van der Waals surface area contributed by atoms with Crippen LogP contribution in [0.5, 0.6) is 0 Å². The molecular formula is C24H20N4O2. The third-order valence-electron chi connectivity index (χ3n) is 4.73. The van der Waals surface area contributed by atoms with Gasteiger partial charge in [0.15, 0.2) is 0 Å². The molecule has 0 spiro atoms. The lowest BCUT2D eigenvalue weighted by molar-refractivity contribution is 0.0785. The van der Waals surface area contributed by atoms with E-state index in [1.165, 1.54) is 12.3 Å². The first kappa shape index (κ1) is 19.3. The van der Waals surface area contributed by atoms with Crippen molar-refractivity contribution in [2.24, 2.45) is 0 Å². The lowest BCUT2D eigenvalue weighted by Gasteiger charge is -2.17. The Kier molecular flexibility index (Phi) is 5.48. The van der Waals surface area contributed by atoms with Crippen LogP contribution in [0, 0.1) is 0 Å². The van der Waals surface area contributed by atoms with E-state index in [-0.39, 0.29) is 11.6 Å². The Morgan fingerprint density at radius 3 is 2.53 bits per heavy atom. The molecule has 1 N–H and O–H groups in total. The summed E-state index contributed by atoms with van der Waals surface area (Å²) >= 11 is 0. The van der Waals surface area contributed by atoms with Crippen LogP contribution in [0.1, 0.15) is 26.4 Å². The summed E-state index contributed by atoms with van der Waals surface area (Å²) in [5.74, 6) is -0.573. The highest BCUT2D eigenvalue weighted by atomic mass is 16.2. The van der Waals surface area contributed by atoms with Gasteiger partial charge in [0.1, 0.15) is 5.69 Å². The van der Waals surface area contributed by atoms with Crippen LogP contribution in [-0.2, 0) is 6.54 Å². The van der Waals surface area contributed by atoms with Crippen LogP contribution >= 0.6 is 0 Å². The summed E-state index contributed by atoms with van der Waals surface area (Å²) in [6.45, 7) is 0.477. The summed E-state index contributed by atoms with van der Waals surface area (Å²) in [6, 6.07) is 22.2. The van der Waals surface area contributed by atoms with Gasteiger partial charge in [-0.15, -0.1) is 0 Å². The lowest BCUT2D eigenvalue weighted by Crippen LogP contribution is -2.26. The van der Waals surface area contributed by atoms with Gasteiger partial charge in [0.2, 0.25) is 0 Å². The highest BCUT2D eigenvalue weighted by molar-refractivity contribution is 6.08. The predicted octanol–water partition coefficient (Wildman–Crippen LogP) is 4.15. The SMILES string of the molecule is CN(Cc1ccccc1)C(=O)c1ccnc(C(=O)Nc2cccc3cccnc23)c1. The molecule has 0 aliphatic rings. The number of pyridine rings is 2. The Hall–Kier alpha value is -4.06. The minimum atomic E-state index is -0.395. The average Bonchev–Trinajstić information content (AvgIpc) is 2.79. The Balaban J connectivity index is 1.52. The maximum atomic E-state index is 12.8. The second-order valence-electron chi connectivity index (χ2n) is 6.91. The van der Waals surface area contributed by atoms with E-state index < -0.39 is 5.91 Å². The number of hydrogen-bond acceptors (Lipinski definition) is 4. The third kappa shape index (κ3) is 4.17. The number of para-hydroxylation sites is 1. The van der Waals surface area contributed by atoms with Crippen LogP contribution in [0.15, 0.2) is 85.2 Å². The smallest absolute Gasteiger partial charge is 0.274 e. The van der Waals surface area contributed by atoms with Gasteiger partial charge >= 0.3 is 0 Å². The van der Waals surface area contributed by atoms with Gasteiger partial charge in [-0.05, 0) is 29.8 Å². The van der Waals surface area contributed by atoms with Crippen LogP contribution in [0.4, 0.5) is 5.69 Å². The van der Waals surface area contributed by atoms with Gasteiger partial charge in [0, 0.05) is 36.9 Å². The van der Waals surface area contributed by atoms with E-state index in [1.54, 1.807) is 30.3 Å². The maximum Gasteiger partial charge on any atom is 0.274 e. The van der Waals surface area contributed by atoms with Crippen LogP contribution in [0.2, 0.25) is 0 Å². The molecule has 0 aliphatic carbocycles. The molecule has 0 unspecified atom stereocenters. The van der Waals surface area contributed by atoms with E-state index >= 15 is 0 Å². The topological polar surface area (TPSA) is 75.2 Å². The van der Waals surface area contributed by atoms with Crippen LogP contribution < -0.4 is 5.32 Å². The van der Waals surface area contributed by atoms with Gasteiger partial charge in [0.25, 0.3) is 11.8 Å². The first-order valence-electron chi connectivity index (χ1n) is 9.52. The fraction of sp³-hybridized carbons (Fsp3) is 0.0833. The summed E-state index contributed by atoms with van der Waals surface area (Å²) < 4.78 is 0. The van der Waals surface area contributed by atoms with E-state index in [9.17, 15) is 9.59 Å². The minimum absolute atomic E-state index is 0.168. The Bertz CT molecular complexity index is 1200. The molecule has 4 aromatic rings. The molecule has 2 heterocycles. The van der Waals surface area contributed by atoms with Crippen molar-refractivity contribution in [2.45, 2.75) is 6.54 Å². The fourth-order valence-corrected chi connectivity index (χ4v) is 3.23. The fourth-order valence-electron chi connectivity index (χ4n) is 3.23. The molecule has 0 bridgehead atoms. The molecule has 0 radical (unpaired) electrons. The van der Waals surface area contributed by atoms with Crippen LogP contribution in [0.3, 0.4) is 0 Å². The Labute approximate surface area is 174 Å². The molecule has 2 amide bonds. The van der Waals surface area contributed by atoms with Crippen molar-refractivity contribution in [1.29, 1.82) is 0 Å². The molecule has 0 aliphatic heterocycles. The summed E-state index contributed by atoms with van der Waals surface area (Å²) in [4.78, 5) is 35.7. The first-order chi connectivity index (χ1) is 14.6. The predicted molar refractivity (Wildman–Crippen MR) is 116 cm³/mol. The van der Waals surface area contributed by atoms with E-state index in [0.717, 1.165) is 10.9 Å². The number of nitrogens with one attached hydrogen (secondary N) is 1. The number of fused-ring (bicyclic) bond motifs is 1. The number of aromatic nitrogens is 2. The van der Waals surface area contributed by atoms with Crippen LogP contribution in [-0.4, -0.2) is 33.7 Å². The molecule has 0 fully saturated rings. The van der Waals surface area contributed by atoms with Crippen molar-refractivity contribution in [3.05, 3.63) is 102 Å². The number of benzene rings is 2. The second kappa shape index (κ2) is 8.53. The van der Waals surface area contributed by atoms with Gasteiger partial charge in [-0.3, -0.25) is 19.6 Å². The number of rotatable bonds is 5. The van der Waals surface area contributed by atoms with Crippen molar-refractivity contribution in [2.75, 3.05) is 12.4 Å². The molecule has 2 aromatic heterocycles. The monoisotopic (exact) mass is 396 g/mol. The van der Waals surface area contributed by atoms with Gasteiger partial charge < -0.3 is 10.2 Å². The van der Waals surface area contributed by atoms with Crippen molar-refractivity contribution in [3.63, 3.8) is 0 Å². The molecule has 148 valence electrons. The molecule has 4 rings (SSSR count). The molecule has 0 saturated carbocycles. The standard InChI is InChI=1S/C24H20N4O2/c1-28(16-17-7-3-2-4-8-17)24(30)19-12-14-25-21(15-19)23(29)27-20-11-5-9-18-10-6-13-26-22(18)20/h2-15H,16H2,1H3,(H,27,29). The lowest BCUT2D eigenvalue weighted by atomic mass is 10.1. The summed E-state index contributed by atoms with van der Waals surface area (Å²) in [6.07, 6.45) is 3.15. The zero-order valence-electron chi connectivity index (χ0n) is 16.4. The molecular weight excluding hydrogens is 376 g/mol. The highest BCUT2D eigenvalue weighted by Crippen LogP contribution is 2.21. The number of carbonyl (C=O) groups is 2. The molecule has 30 heavy (non-hydrogen) atoms. The zero-order chi connectivity index (χ0) is 20.9. The molecule has 0 saturated heterocycles.